The normalized spacial score (nSPS) is 25.4. The predicted octanol–water partition coefficient (Wildman–Crippen LogP) is 4.22. The summed E-state index contributed by atoms with van der Waals surface area (Å²) in [5.41, 5.74) is 0. The maximum Gasteiger partial charge on any atom is 0.192 e. The Balaban J connectivity index is 2.35. The Kier molecular flexibility index (Phi) is 5.67. The summed E-state index contributed by atoms with van der Waals surface area (Å²) in [7, 11) is -5.76. The molecule has 1 fully saturated rings. The van der Waals surface area contributed by atoms with Crippen LogP contribution in [0.2, 0.25) is 18.1 Å². The highest BCUT2D eigenvalue weighted by Crippen LogP contribution is 2.42. The predicted molar refractivity (Wildman–Crippen MR) is 103 cm³/mol. The highest BCUT2D eigenvalue weighted by molar-refractivity contribution is 7.92. The molecule has 0 saturated heterocycles. The molecule has 140 valence electrons. The molecule has 6 heteroatoms. The van der Waals surface area contributed by atoms with E-state index in [1.807, 2.05) is 6.92 Å². The van der Waals surface area contributed by atoms with Gasteiger partial charge in [0.25, 0.3) is 0 Å². The molecule has 4 nitrogen and oxygen atoms in total. The second kappa shape index (κ2) is 6.97. The Morgan fingerprint density at radius 3 is 2.20 bits per heavy atom. The Hall–Kier alpha value is -0.983. The summed E-state index contributed by atoms with van der Waals surface area (Å²) in [4.78, 5) is 12.9. The van der Waals surface area contributed by atoms with Gasteiger partial charge >= 0.3 is 0 Å². The number of ketones is 1. The number of benzene rings is 1. The molecule has 0 heterocycles. The average Bonchev–Trinajstić information content (AvgIpc) is 2.82. The average molecular weight is 383 g/mol. The lowest BCUT2D eigenvalue weighted by Gasteiger charge is -2.40. The third-order valence-electron chi connectivity index (χ3n) is 5.72. The first-order valence-electron chi connectivity index (χ1n) is 8.91. The lowest BCUT2D eigenvalue weighted by molar-refractivity contribution is -0.117. The minimum atomic E-state index is -3.69. The Labute approximate surface area is 153 Å². The van der Waals surface area contributed by atoms with Crippen LogP contribution < -0.4 is 0 Å². The number of rotatable bonds is 5. The summed E-state index contributed by atoms with van der Waals surface area (Å²) in [5, 5.41) is -0.972. The largest absolute Gasteiger partial charge is 0.413 e. The molecule has 2 rings (SSSR count). The minimum Gasteiger partial charge on any atom is -0.413 e. The molecule has 0 bridgehead atoms. The van der Waals surface area contributed by atoms with E-state index in [4.69, 9.17) is 4.43 Å². The molecule has 0 radical (unpaired) electrons. The van der Waals surface area contributed by atoms with Crippen molar-refractivity contribution in [1.29, 1.82) is 0 Å². The van der Waals surface area contributed by atoms with E-state index in [0.717, 1.165) is 0 Å². The van der Waals surface area contributed by atoms with E-state index in [1.54, 1.807) is 30.3 Å². The van der Waals surface area contributed by atoms with Crippen molar-refractivity contribution in [2.24, 2.45) is 5.92 Å². The highest BCUT2D eigenvalue weighted by Gasteiger charge is 2.52. The van der Waals surface area contributed by atoms with Crippen LogP contribution in [0.3, 0.4) is 0 Å². The molecule has 0 amide bonds. The van der Waals surface area contributed by atoms with E-state index >= 15 is 0 Å². The van der Waals surface area contributed by atoms with E-state index in [9.17, 15) is 13.2 Å². The molecule has 3 atom stereocenters. The molecular formula is C19H30O4SSi. The van der Waals surface area contributed by atoms with Gasteiger partial charge in [-0.15, -0.1) is 0 Å². The molecule has 1 aliphatic carbocycles. The first-order valence-corrected chi connectivity index (χ1v) is 13.4. The third-order valence-corrected chi connectivity index (χ3v) is 12.4. The summed E-state index contributed by atoms with van der Waals surface area (Å²) in [5.74, 6) is -0.494. The SMILES string of the molecule is CC[C@H]1[C@@H](O[Si](C)(C)C(C)(C)C)CC(=O)[C@@H]1S(=O)(=O)c1ccccc1. The maximum absolute atomic E-state index is 13.1. The zero-order valence-electron chi connectivity index (χ0n) is 16.1. The second-order valence-corrected chi connectivity index (χ2v) is 15.3. The van der Waals surface area contributed by atoms with Crippen LogP contribution in [0.25, 0.3) is 0 Å². The van der Waals surface area contributed by atoms with Gasteiger partial charge in [-0.25, -0.2) is 8.42 Å². The highest BCUT2D eigenvalue weighted by atomic mass is 32.2. The molecule has 1 aromatic rings. The lowest BCUT2D eigenvalue weighted by Crippen LogP contribution is -2.45. The van der Waals surface area contributed by atoms with Crippen molar-refractivity contribution < 1.29 is 17.6 Å². The van der Waals surface area contributed by atoms with Crippen LogP contribution in [-0.4, -0.2) is 33.9 Å². The Morgan fingerprint density at radius 2 is 1.72 bits per heavy atom. The summed E-state index contributed by atoms with van der Waals surface area (Å²) in [6.45, 7) is 12.7. The van der Waals surface area contributed by atoms with Gasteiger partial charge in [-0.1, -0.05) is 45.9 Å². The standard InChI is InChI=1S/C19H30O4SSi/c1-7-15-17(23-25(5,6)19(2,3)4)13-16(20)18(15)24(21,22)14-11-9-8-10-12-14/h8-12,15,17-18H,7,13H2,1-6H3/t15-,17-,18+/m0/s1. The van der Waals surface area contributed by atoms with Crippen LogP contribution in [0, 0.1) is 5.92 Å². The van der Waals surface area contributed by atoms with Crippen molar-refractivity contribution in [3.63, 3.8) is 0 Å². The summed E-state index contributed by atoms with van der Waals surface area (Å²) >= 11 is 0. The van der Waals surface area contributed by atoms with Gasteiger partial charge < -0.3 is 4.43 Å². The van der Waals surface area contributed by atoms with Crippen molar-refractivity contribution in [3.8, 4) is 0 Å². The smallest absolute Gasteiger partial charge is 0.192 e. The summed E-state index contributed by atoms with van der Waals surface area (Å²) in [6, 6.07) is 8.29. The number of hydrogen-bond acceptors (Lipinski definition) is 4. The van der Waals surface area contributed by atoms with Gasteiger partial charge in [-0.05, 0) is 36.7 Å². The molecule has 0 spiro atoms. The first kappa shape index (κ1) is 20.3. The van der Waals surface area contributed by atoms with Crippen LogP contribution in [0.15, 0.2) is 35.2 Å². The minimum absolute atomic E-state index is 0.0186. The molecule has 1 aliphatic rings. The number of carbonyl (C=O) groups is 1. The molecule has 0 aromatic heterocycles. The van der Waals surface area contributed by atoms with E-state index in [-0.39, 0.29) is 34.2 Å². The number of sulfone groups is 1. The van der Waals surface area contributed by atoms with Gasteiger partial charge in [0.15, 0.2) is 23.9 Å². The lowest BCUT2D eigenvalue weighted by atomic mass is 10.0. The second-order valence-electron chi connectivity index (χ2n) is 8.44. The first-order chi connectivity index (χ1) is 11.4. The number of carbonyl (C=O) groups excluding carboxylic acids is 1. The summed E-state index contributed by atoms with van der Waals surface area (Å²) < 4.78 is 32.6. The fraction of sp³-hybridized carbons (Fsp3) is 0.632. The van der Waals surface area contributed by atoms with Crippen molar-refractivity contribution in [3.05, 3.63) is 30.3 Å². The Morgan fingerprint density at radius 1 is 1.16 bits per heavy atom. The summed E-state index contributed by atoms with van der Waals surface area (Å²) in [6.07, 6.45) is 0.505. The van der Waals surface area contributed by atoms with Crippen LogP contribution in [-0.2, 0) is 19.1 Å². The zero-order valence-corrected chi connectivity index (χ0v) is 17.9. The van der Waals surface area contributed by atoms with Gasteiger partial charge in [-0.3, -0.25) is 4.79 Å². The van der Waals surface area contributed by atoms with E-state index in [2.05, 4.69) is 33.9 Å². The monoisotopic (exact) mass is 382 g/mol. The molecule has 1 saturated carbocycles. The van der Waals surface area contributed by atoms with Crippen LogP contribution in [0.1, 0.15) is 40.5 Å². The van der Waals surface area contributed by atoms with Crippen molar-refractivity contribution in [2.75, 3.05) is 0 Å². The van der Waals surface area contributed by atoms with Crippen LogP contribution in [0.5, 0.6) is 0 Å². The topological polar surface area (TPSA) is 60.4 Å². The fourth-order valence-corrected chi connectivity index (χ4v) is 6.69. The van der Waals surface area contributed by atoms with Gasteiger partial charge in [0.2, 0.25) is 0 Å². The third kappa shape index (κ3) is 3.91. The molecule has 25 heavy (non-hydrogen) atoms. The van der Waals surface area contributed by atoms with Crippen molar-refractivity contribution in [2.45, 2.75) is 74.9 Å². The molecule has 0 unspecified atom stereocenters. The van der Waals surface area contributed by atoms with Crippen molar-refractivity contribution in [1.82, 2.24) is 0 Å². The van der Waals surface area contributed by atoms with E-state index in [0.29, 0.717) is 6.42 Å². The van der Waals surface area contributed by atoms with Crippen LogP contribution >= 0.6 is 0 Å². The zero-order chi connectivity index (χ0) is 19.0. The maximum atomic E-state index is 13.1. The van der Waals surface area contributed by atoms with E-state index in [1.165, 1.54) is 0 Å². The molecule has 0 N–H and O–H groups in total. The quantitative estimate of drug-likeness (QED) is 0.716. The van der Waals surface area contributed by atoms with Gasteiger partial charge in [0.05, 0.1) is 11.0 Å². The Bertz CT molecular complexity index is 720. The molecule has 0 aliphatic heterocycles. The fourth-order valence-electron chi connectivity index (χ4n) is 3.22. The number of hydrogen-bond donors (Lipinski definition) is 0. The molecule has 1 aromatic carbocycles. The van der Waals surface area contributed by atoms with E-state index < -0.39 is 23.4 Å². The number of Topliss-reactive ketones (excluding diaryl/α,β-unsaturated/α-hetero) is 1. The van der Waals surface area contributed by atoms with Gasteiger partial charge in [0, 0.05) is 12.3 Å². The molecular weight excluding hydrogens is 352 g/mol. The van der Waals surface area contributed by atoms with Crippen LogP contribution in [0.4, 0.5) is 0 Å². The van der Waals surface area contributed by atoms with Gasteiger partial charge in [0.1, 0.15) is 5.25 Å². The van der Waals surface area contributed by atoms with Crippen molar-refractivity contribution >= 4 is 23.9 Å². The van der Waals surface area contributed by atoms with Gasteiger partial charge in [-0.2, -0.15) is 0 Å².